The van der Waals surface area contributed by atoms with Gasteiger partial charge in [0.1, 0.15) is 5.69 Å². The van der Waals surface area contributed by atoms with Gasteiger partial charge in [-0.15, -0.1) is 0 Å². The number of hydrogen-bond acceptors (Lipinski definition) is 4. The Balaban J connectivity index is 1.92. The smallest absolute Gasteiger partial charge is 0.269 e. The molecule has 0 aliphatic carbocycles. The highest BCUT2D eigenvalue weighted by atomic mass is 16.1. The number of rotatable bonds is 2. The van der Waals surface area contributed by atoms with E-state index in [1.165, 1.54) is 17.7 Å². The fraction of sp³-hybridized carbons (Fsp3) is 0.312. The Hall–Kier alpha value is -2.43. The number of carbonyl (C=O) groups excluding carboxylic acids is 1. The molecule has 0 fully saturated rings. The lowest BCUT2D eigenvalue weighted by atomic mass is 10.0. The third-order valence-corrected chi connectivity index (χ3v) is 3.84. The fourth-order valence-electron chi connectivity index (χ4n) is 2.63. The molecule has 1 aliphatic heterocycles. The van der Waals surface area contributed by atoms with Crippen LogP contribution in [-0.4, -0.2) is 36.5 Å². The van der Waals surface area contributed by atoms with Crippen molar-refractivity contribution in [3.8, 4) is 11.3 Å². The minimum Gasteiger partial charge on any atom is -0.373 e. The number of fused-ring (bicyclic) bond motifs is 1. The second-order valence-corrected chi connectivity index (χ2v) is 5.23. The van der Waals surface area contributed by atoms with Crippen molar-refractivity contribution >= 4 is 11.6 Å². The van der Waals surface area contributed by atoms with Gasteiger partial charge in [-0.1, -0.05) is 0 Å². The van der Waals surface area contributed by atoms with Crippen LogP contribution in [0.3, 0.4) is 0 Å². The van der Waals surface area contributed by atoms with Crippen molar-refractivity contribution in [3.63, 3.8) is 0 Å². The maximum absolute atomic E-state index is 11.5. The van der Waals surface area contributed by atoms with Crippen LogP contribution < -0.4 is 10.2 Å². The van der Waals surface area contributed by atoms with Crippen molar-refractivity contribution in [2.75, 3.05) is 25.5 Å². The van der Waals surface area contributed by atoms with Gasteiger partial charge in [0.05, 0.1) is 17.6 Å². The zero-order chi connectivity index (χ0) is 14.8. The van der Waals surface area contributed by atoms with Crippen LogP contribution >= 0.6 is 0 Å². The zero-order valence-corrected chi connectivity index (χ0v) is 12.3. The molecule has 3 rings (SSSR count). The van der Waals surface area contributed by atoms with E-state index < -0.39 is 0 Å². The van der Waals surface area contributed by atoms with Crippen LogP contribution in [0.15, 0.2) is 30.6 Å². The lowest BCUT2D eigenvalue weighted by molar-refractivity contribution is 0.0958. The number of hydrogen-bond donors (Lipinski definition) is 1. The third-order valence-electron chi connectivity index (χ3n) is 3.84. The van der Waals surface area contributed by atoms with Crippen molar-refractivity contribution < 1.29 is 4.79 Å². The van der Waals surface area contributed by atoms with Crippen LogP contribution in [0, 0.1) is 0 Å². The molecule has 1 aliphatic rings. The molecule has 5 nitrogen and oxygen atoms in total. The quantitative estimate of drug-likeness (QED) is 0.914. The van der Waals surface area contributed by atoms with E-state index in [9.17, 15) is 4.79 Å². The second kappa shape index (κ2) is 5.52. The summed E-state index contributed by atoms with van der Waals surface area (Å²) < 4.78 is 0. The number of aryl methyl sites for hydroxylation is 1. The molecule has 2 aromatic rings. The van der Waals surface area contributed by atoms with Crippen molar-refractivity contribution in [1.29, 1.82) is 0 Å². The van der Waals surface area contributed by atoms with Gasteiger partial charge in [-0.3, -0.25) is 14.8 Å². The summed E-state index contributed by atoms with van der Waals surface area (Å²) >= 11 is 0. The minimum atomic E-state index is -0.179. The van der Waals surface area contributed by atoms with Crippen molar-refractivity contribution in [3.05, 3.63) is 41.9 Å². The fourth-order valence-corrected chi connectivity index (χ4v) is 2.63. The topological polar surface area (TPSA) is 58.1 Å². The van der Waals surface area contributed by atoms with Gasteiger partial charge >= 0.3 is 0 Å². The van der Waals surface area contributed by atoms with Crippen LogP contribution in [0.25, 0.3) is 11.3 Å². The Morgan fingerprint density at radius 3 is 2.86 bits per heavy atom. The van der Waals surface area contributed by atoms with Gasteiger partial charge in [-0.2, -0.15) is 0 Å². The first-order valence-electron chi connectivity index (χ1n) is 7.07. The Morgan fingerprint density at radius 2 is 2.14 bits per heavy atom. The van der Waals surface area contributed by atoms with E-state index in [1.807, 2.05) is 12.3 Å². The first kappa shape index (κ1) is 13.5. The Bertz CT molecular complexity index is 666. The molecule has 0 radical (unpaired) electrons. The summed E-state index contributed by atoms with van der Waals surface area (Å²) in [4.78, 5) is 22.4. The number of pyridine rings is 2. The molecule has 0 saturated heterocycles. The molecule has 2 aromatic heterocycles. The summed E-state index contributed by atoms with van der Waals surface area (Å²) in [6.07, 6.45) is 5.88. The molecule has 0 spiro atoms. The van der Waals surface area contributed by atoms with Gasteiger partial charge in [-0.05, 0) is 36.6 Å². The standard InChI is InChI=1S/C16H18N4O/c1-17-16(21)13-6-5-12(9-18-13)14-8-11-4-3-7-20(2)15(11)10-19-14/h5-6,8-10H,3-4,7H2,1-2H3,(H,17,21). The minimum absolute atomic E-state index is 0.179. The third kappa shape index (κ3) is 2.59. The first-order valence-corrected chi connectivity index (χ1v) is 7.07. The predicted octanol–water partition coefficient (Wildman–Crippen LogP) is 1.89. The molecule has 0 unspecified atom stereocenters. The second-order valence-electron chi connectivity index (χ2n) is 5.23. The molecule has 3 heterocycles. The Labute approximate surface area is 124 Å². The lowest BCUT2D eigenvalue weighted by Gasteiger charge is -2.27. The largest absolute Gasteiger partial charge is 0.373 e. The molecule has 5 heteroatoms. The molecule has 0 atom stereocenters. The van der Waals surface area contributed by atoms with Gasteiger partial charge in [0, 0.05) is 32.4 Å². The Kier molecular flexibility index (Phi) is 3.56. The van der Waals surface area contributed by atoms with E-state index in [0.717, 1.165) is 24.2 Å². The Morgan fingerprint density at radius 1 is 1.29 bits per heavy atom. The highest BCUT2D eigenvalue weighted by Crippen LogP contribution is 2.28. The molecule has 0 bridgehead atoms. The molecule has 21 heavy (non-hydrogen) atoms. The predicted molar refractivity (Wildman–Crippen MR) is 82.4 cm³/mol. The summed E-state index contributed by atoms with van der Waals surface area (Å²) in [6.45, 7) is 1.08. The average Bonchev–Trinajstić information content (AvgIpc) is 2.54. The van der Waals surface area contributed by atoms with E-state index in [4.69, 9.17) is 0 Å². The van der Waals surface area contributed by atoms with E-state index >= 15 is 0 Å². The van der Waals surface area contributed by atoms with E-state index in [-0.39, 0.29) is 5.91 Å². The molecule has 1 amide bonds. The zero-order valence-electron chi connectivity index (χ0n) is 12.3. The molecule has 108 valence electrons. The average molecular weight is 282 g/mol. The van der Waals surface area contributed by atoms with Crippen LogP contribution in [0.5, 0.6) is 0 Å². The first-order chi connectivity index (χ1) is 10.2. The van der Waals surface area contributed by atoms with Crippen LogP contribution in [0.2, 0.25) is 0 Å². The van der Waals surface area contributed by atoms with E-state index in [2.05, 4.69) is 33.3 Å². The molecule has 0 aromatic carbocycles. The molecular formula is C16H18N4O. The maximum atomic E-state index is 11.5. The number of carbonyl (C=O) groups is 1. The summed E-state index contributed by atoms with van der Waals surface area (Å²) in [5.41, 5.74) is 4.78. The van der Waals surface area contributed by atoms with E-state index in [1.54, 1.807) is 19.3 Å². The van der Waals surface area contributed by atoms with Crippen LogP contribution in [0.1, 0.15) is 22.5 Å². The van der Waals surface area contributed by atoms with Crippen molar-refractivity contribution in [2.24, 2.45) is 0 Å². The van der Waals surface area contributed by atoms with Gasteiger partial charge in [0.15, 0.2) is 0 Å². The summed E-state index contributed by atoms with van der Waals surface area (Å²) in [5, 5.41) is 2.56. The normalized spacial score (nSPS) is 13.7. The monoisotopic (exact) mass is 282 g/mol. The summed E-state index contributed by atoms with van der Waals surface area (Å²) in [7, 11) is 3.69. The SMILES string of the molecule is CNC(=O)c1ccc(-c2cc3c(cn2)N(C)CCC3)cn1. The number of amides is 1. The molecule has 1 N–H and O–H groups in total. The van der Waals surface area contributed by atoms with Crippen molar-refractivity contribution in [1.82, 2.24) is 15.3 Å². The number of aromatic nitrogens is 2. The van der Waals surface area contributed by atoms with Crippen molar-refractivity contribution in [2.45, 2.75) is 12.8 Å². The number of nitrogens with one attached hydrogen (secondary N) is 1. The van der Waals surface area contributed by atoms with Gasteiger partial charge in [0.25, 0.3) is 5.91 Å². The maximum Gasteiger partial charge on any atom is 0.269 e. The van der Waals surface area contributed by atoms with Gasteiger partial charge in [-0.25, -0.2) is 0 Å². The lowest BCUT2D eigenvalue weighted by Crippen LogP contribution is -2.24. The highest BCUT2D eigenvalue weighted by Gasteiger charge is 2.15. The highest BCUT2D eigenvalue weighted by molar-refractivity contribution is 5.92. The van der Waals surface area contributed by atoms with Gasteiger partial charge < -0.3 is 10.2 Å². The van der Waals surface area contributed by atoms with Gasteiger partial charge in [0.2, 0.25) is 0 Å². The number of nitrogens with zero attached hydrogens (tertiary/aromatic N) is 3. The summed E-state index contributed by atoms with van der Waals surface area (Å²) in [6, 6.07) is 5.74. The number of anilines is 1. The van der Waals surface area contributed by atoms with E-state index in [0.29, 0.717) is 5.69 Å². The summed E-state index contributed by atoms with van der Waals surface area (Å²) in [5.74, 6) is -0.179. The van der Waals surface area contributed by atoms with Crippen LogP contribution in [-0.2, 0) is 6.42 Å². The molecule has 0 saturated carbocycles. The van der Waals surface area contributed by atoms with Crippen LogP contribution in [0.4, 0.5) is 5.69 Å². The molecular weight excluding hydrogens is 264 g/mol.